The van der Waals surface area contributed by atoms with Crippen molar-refractivity contribution in [2.45, 2.75) is 0 Å². The zero-order valence-corrected chi connectivity index (χ0v) is 9.28. The summed E-state index contributed by atoms with van der Waals surface area (Å²) in [5.74, 6) is 5.04. The van der Waals surface area contributed by atoms with Crippen LogP contribution < -0.4 is 16.0 Å². The summed E-state index contributed by atoms with van der Waals surface area (Å²) < 4.78 is 18.8. The molecule has 0 atom stereocenters. The standard InChI is InChI=1S/C10H8ClFN4O/c11-6-2-1-3-7(10(6)12)17-9-4-8(16-13)14-5-15-9/h1-5H,13H2,(H,14,15,16). The Hall–Kier alpha value is -1.92. The molecule has 1 heterocycles. The van der Waals surface area contributed by atoms with Gasteiger partial charge in [-0.15, -0.1) is 0 Å². The van der Waals surface area contributed by atoms with Gasteiger partial charge in [-0.2, -0.15) is 0 Å². The Balaban J connectivity index is 2.28. The van der Waals surface area contributed by atoms with Crippen molar-refractivity contribution in [2.75, 3.05) is 5.43 Å². The van der Waals surface area contributed by atoms with Gasteiger partial charge in [0, 0.05) is 6.07 Å². The third kappa shape index (κ3) is 2.61. The minimum Gasteiger partial charge on any atom is -0.436 e. The second kappa shape index (κ2) is 4.94. The molecule has 0 unspecified atom stereocenters. The highest BCUT2D eigenvalue weighted by Gasteiger charge is 2.09. The maximum atomic E-state index is 13.5. The summed E-state index contributed by atoms with van der Waals surface area (Å²) in [5.41, 5.74) is 2.33. The van der Waals surface area contributed by atoms with Gasteiger partial charge in [-0.1, -0.05) is 17.7 Å². The van der Waals surface area contributed by atoms with Gasteiger partial charge in [0.05, 0.1) is 5.02 Å². The van der Waals surface area contributed by atoms with Gasteiger partial charge in [0.25, 0.3) is 0 Å². The summed E-state index contributed by atoms with van der Waals surface area (Å²) in [6.07, 6.45) is 1.24. The van der Waals surface area contributed by atoms with Crippen LogP contribution in [0.25, 0.3) is 0 Å². The Morgan fingerprint density at radius 2 is 2.18 bits per heavy atom. The molecule has 0 fully saturated rings. The van der Waals surface area contributed by atoms with Gasteiger partial charge >= 0.3 is 0 Å². The SMILES string of the molecule is NNc1cc(Oc2cccc(Cl)c2F)ncn1. The maximum Gasteiger partial charge on any atom is 0.224 e. The zero-order chi connectivity index (χ0) is 12.3. The van der Waals surface area contributed by atoms with E-state index in [1.165, 1.54) is 24.5 Å². The molecule has 0 aliphatic carbocycles. The van der Waals surface area contributed by atoms with E-state index in [2.05, 4.69) is 15.4 Å². The first-order valence-electron chi connectivity index (χ1n) is 4.61. The van der Waals surface area contributed by atoms with Crippen molar-refractivity contribution < 1.29 is 9.13 Å². The van der Waals surface area contributed by atoms with E-state index in [0.717, 1.165) is 0 Å². The van der Waals surface area contributed by atoms with Crippen LogP contribution in [0.4, 0.5) is 10.2 Å². The number of benzene rings is 1. The molecule has 7 heteroatoms. The van der Waals surface area contributed by atoms with Crippen LogP contribution in [0.15, 0.2) is 30.6 Å². The summed E-state index contributed by atoms with van der Waals surface area (Å²) in [5, 5.41) is -0.0197. The Kier molecular flexibility index (Phi) is 3.36. The molecular formula is C10H8ClFN4O. The molecule has 0 spiro atoms. The minimum atomic E-state index is -0.643. The fourth-order valence-electron chi connectivity index (χ4n) is 1.15. The summed E-state index contributed by atoms with van der Waals surface area (Å²) in [4.78, 5) is 7.61. The van der Waals surface area contributed by atoms with E-state index in [1.807, 2.05) is 0 Å². The van der Waals surface area contributed by atoms with Crippen LogP contribution in [0.1, 0.15) is 0 Å². The number of nitrogen functional groups attached to an aromatic ring is 1. The molecule has 2 rings (SSSR count). The predicted molar refractivity (Wildman–Crippen MR) is 61.3 cm³/mol. The number of hydrogen-bond acceptors (Lipinski definition) is 5. The van der Waals surface area contributed by atoms with E-state index in [9.17, 15) is 4.39 Å². The Labute approximate surface area is 101 Å². The van der Waals surface area contributed by atoms with Crippen LogP contribution in [0.3, 0.4) is 0 Å². The average molecular weight is 255 g/mol. The van der Waals surface area contributed by atoms with Crippen LogP contribution in [0.5, 0.6) is 11.6 Å². The van der Waals surface area contributed by atoms with E-state index < -0.39 is 5.82 Å². The molecule has 0 saturated carbocycles. The third-order valence-electron chi connectivity index (χ3n) is 1.92. The molecular weight excluding hydrogens is 247 g/mol. The van der Waals surface area contributed by atoms with Crippen LogP contribution in [0.2, 0.25) is 5.02 Å². The quantitative estimate of drug-likeness (QED) is 0.650. The first-order valence-corrected chi connectivity index (χ1v) is 4.99. The molecule has 2 aromatic rings. The summed E-state index contributed by atoms with van der Waals surface area (Å²) in [6, 6.07) is 5.87. The first-order chi connectivity index (χ1) is 8.20. The summed E-state index contributed by atoms with van der Waals surface area (Å²) in [6.45, 7) is 0. The lowest BCUT2D eigenvalue weighted by Crippen LogP contribution is -2.08. The number of hydrogen-bond donors (Lipinski definition) is 2. The molecule has 0 aliphatic rings. The Morgan fingerprint density at radius 1 is 1.35 bits per heavy atom. The summed E-state index contributed by atoms with van der Waals surface area (Å²) in [7, 11) is 0. The number of ether oxygens (including phenoxy) is 1. The van der Waals surface area contributed by atoms with Gasteiger partial charge in [0.2, 0.25) is 5.88 Å². The van der Waals surface area contributed by atoms with E-state index in [1.54, 1.807) is 6.07 Å². The van der Waals surface area contributed by atoms with Crippen molar-refractivity contribution in [1.82, 2.24) is 9.97 Å². The van der Waals surface area contributed by atoms with Crippen molar-refractivity contribution in [3.63, 3.8) is 0 Å². The predicted octanol–water partition coefficient (Wildman–Crippen LogP) is 2.35. The van der Waals surface area contributed by atoms with E-state index in [4.69, 9.17) is 22.2 Å². The van der Waals surface area contributed by atoms with E-state index in [0.29, 0.717) is 5.82 Å². The van der Waals surface area contributed by atoms with Gasteiger partial charge in [-0.25, -0.2) is 20.2 Å². The van der Waals surface area contributed by atoms with Gasteiger partial charge in [0.1, 0.15) is 12.1 Å². The number of aromatic nitrogens is 2. The van der Waals surface area contributed by atoms with Crippen molar-refractivity contribution >= 4 is 17.4 Å². The molecule has 3 N–H and O–H groups in total. The summed E-state index contributed by atoms with van der Waals surface area (Å²) >= 11 is 5.62. The normalized spacial score (nSPS) is 10.1. The molecule has 0 bridgehead atoms. The van der Waals surface area contributed by atoms with Crippen molar-refractivity contribution in [1.29, 1.82) is 0 Å². The number of anilines is 1. The highest BCUT2D eigenvalue weighted by atomic mass is 35.5. The Bertz CT molecular complexity index is 537. The number of nitrogens with two attached hydrogens (primary N) is 1. The molecule has 17 heavy (non-hydrogen) atoms. The third-order valence-corrected chi connectivity index (χ3v) is 2.21. The van der Waals surface area contributed by atoms with Crippen LogP contribution in [-0.2, 0) is 0 Å². The van der Waals surface area contributed by atoms with Gasteiger partial charge in [-0.05, 0) is 12.1 Å². The zero-order valence-electron chi connectivity index (χ0n) is 8.52. The molecule has 1 aromatic heterocycles. The fourth-order valence-corrected chi connectivity index (χ4v) is 1.32. The van der Waals surface area contributed by atoms with E-state index >= 15 is 0 Å². The Morgan fingerprint density at radius 3 is 2.94 bits per heavy atom. The molecule has 88 valence electrons. The topological polar surface area (TPSA) is 73.1 Å². The smallest absolute Gasteiger partial charge is 0.224 e. The molecule has 0 aliphatic heterocycles. The van der Waals surface area contributed by atoms with Crippen LogP contribution in [-0.4, -0.2) is 9.97 Å². The minimum absolute atomic E-state index is 0.0147. The number of rotatable bonds is 3. The van der Waals surface area contributed by atoms with Crippen molar-refractivity contribution in [3.8, 4) is 11.6 Å². The number of nitrogens with one attached hydrogen (secondary N) is 1. The fraction of sp³-hybridized carbons (Fsp3) is 0. The van der Waals surface area contributed by atoms with Crippen LogP contribution >= 0.6 is 11.6 Å². The average Bonchev–Trinajstić information content (AvgIpc) is 2.35. The van der Waals surface area contributed by atoms with Crippen LogP contribution in [0, 0.1) is 5.82 Å². The first kappa shape index (κ1) is 11.6. The van der Waals surface area contributed by atoms with Crippen molar-refractivity contribution in [3.05, 3.63) is 41.4 Å². The second-order valence-corrected chi connectivity index (χ2v) is 3.45. The lowest BCUT2D eigenvalue weighted by Gasteiger charge is -2.07. The van der Waals surface area contributed by atoms with Crippen molar-refractivity contribution in [2.24, 2.45) is 5.84 Å². The second-order valence-electron chi connectivity index (χ2n) is 3.04. The molecule has 1 aromatic carbocycles. The monoisotopic (exact) mass is 254 g/mol. The molecule has 5 nitrogen and oxygen atoms in total. The lowest BCUT2D eigenvalue weighted by molar-refractivity contribution is 0.427. The van der Waals surface area contributed by atoms with Gasteiger partial charge in [0.15, 0.2) is 11.6 Å². The molecule has 0 radical (unpaired) electrons. The number of halogens is 2. The number of nitrogens with zero attached hydrogens (tertiary/aromatic N) is 2. The largest absolute Gasteiger partial charge is 0.436 e. The molecule has 0 amide bonds. The lowest BCUT2D eigenvalue weighted by atomic mass is 10.3. The highest BCUT2D eigenvalue weighted by molar-refractivity contribution is 6.30. The van der Waals surface area contributed by atoms with Gasteiger partial charge < -0.3 is 10.2 Å². The van der Waals surface area contributed by atoms with Gasteiger partial charge in [-0.3, -0.25) is 0 Å². The maximum absolute atomic E-state index is 13.5. The number of hydrazine groups is 1. The highest BCUT2D eigenvalue weighted by Crippen LogP contribution is 2.28. The molecule has 0 saturated heterocycles. The van der Waals surface area contributed by atoms with E-state index in [-0.39, 0.29) is 16.7 Å².